The van der Waals surface area contributed by atoms with Crippen LogP contribution in [0.1, 0.15) is 20.3 Å². The highest BCUT2D eigenvalue weighted by molar-refractivity contribution is 5.70. The molecule has 1 heterocycles. The Bertz CT molecular complexity index is 120. The zero-order chi connectivity index (χ0) is 6.85. The molecule has 1 rings (SSSR count). The van der Waals surface area contributed by atoms with E-state index in [9.17, 15) is 4.79 Å². The lowest BCUT2D eigenvalue weighted by Crippen LogP contribution is -2.26. The molecule has 0 spiro atoms. The smallest absolute Gasteiger partial charge is 0.306 e. The third-order valence-electron chi connectivity index (χ3n) is 1.97. The molecule has 0 bridgehead atoms. The number of carbonyl (C=O) groups excluding carboxylic acids is 1. The molecule has 0 N–H and O–H groups in total. The predicted octanol–water partition coefficient (Wildman–Crippen LogP) is 1.21. The summed E-state index contributed by atoms with van der Waals surface area (Å²) in [5.41, 5.74) is 0. The van der Waals surface area contributed by atoms with Gasteiger partial charge in [-0.15, -0.1) is 0 Å². The van der Waals surface area contributed by atoms with Crippen molar-refractivity contribution in [2.75, 3.05) is 6.61 Å². The fraction of sp³-hybridized carbons (Fsp3) is 0.857. The lowest BCUT2D eigenvalue weighted by molar-refractivity contribution is -0.151. The Morgan fingerprint density at radius 2 is 2.11 bits per heavy atom. The van der Waals surface area contributed by atoms with E-state index in [1.54, 1.807) is 0 Å². The number of esters is 1. The van der Waals surface area contributed by atoms with Crippen LogP contribution in [-0.2, 0) is 9.53 Å². The Kier molecular flexibility index (Phi) is 1.74. The fourth-order valence-corrected chi connectivity index (χ4v) is 0.912. The van der Waals surface area contributed by atoms with Gasteiger partial charge in [-0.25, -0.2) is 0 Å². The van der Waals surface area contributed by atoms with E-state index in [4.69, 9.17) is 4.74 Å². The van der Waals surface area contributed by atoms with Crippen LogP contribution in [0.2, 0.25) is 0 Å². The van der Waals surface area contributed by atoms with Gasteiger partial charge in [0.1, 0.15) is 0 Å². The van der Waals surface area contributed by atoms with E-state index in [1.165, 1.54) is 0 Å². The molecule has 0 aromatic heterocycles. The zero-order valence-corrected chi connectivity index (χ0v) is 5.89. The van der Waals surface area contributed by atoms with Gasteiger partial charge in [-0.05, 0) is 11.8 Å². The number of rotatable bonds is 0. The van der Waals surface area contributed by atoms with Crippen LogP contribution in [0.3, 0.4) is 0 Å². The first-order chi connectivity index (χ1) is 4.20. The molecule has 9 heavy (non-hydrogen) atoms. The highest BCUT2D eigenvalue weighted by Crippen LogP contribution is 2.20. The topological polar surface area (TPSA) is 26.3 Å². The highest BCUT2D eigenvalue weighted by atomic mass is 16.5. The Morgan fingerprint density at radius 3 is 2.56 bits per heavy atom. The van der Waals surface area contributed by atoms with Gasteiger partial charge in [0, 0.05) is 6.42 Å². The molecule has 1 aliphatic rings. The summed E-state index contributed by atoms with van der Waals surface area (Å²) in [6, 6.07) is 0. The van der Waals surface area contributed by atoms with Gasteiger partial charge in [0.05, 0.1) is 6.61 Å². The molecule has 2 heteroatoms. The van der Waals surface area contributed by atoms with Crippen molar-refractivity contribution in [3.8, 4) is 0 Å². The van der Waals surface area contributed by atoms with E-state index in [2.05, 4.69) is 13.8 Å². The van der Waals surface area contributed by atoms with Gasteiger partial charge in [0.15, 0.2) is 0 Å². The summed E-state index contributed by atoms with van der Waals surface area (Å²) in [5.74, 6) is 1.01. The molecular formula is C7H12O2. The van der Waals surface area contributed by atoms with Crippen molar-refractivity contribution >= 4 is 5.97 Å². The molecule has 52 valence electrons. The second kappa shape index (κ2) is 2.38. The Morgan fingerprint density at radius 1 is 1.44 bits per heavy atom. The molecule has 0 radical (unpaired) electrons. The molecule has 2 nitrogen and oxygen atoms in total. The summed E-state index contributed by atoms with van der Waals surface area (Å²) in [5, 5.41) is 0. The summed E-state index contributed by atoms with van der Waals surface area (Å²) < 4.78 is 4.82. The molecule has 1 fully saturated rings. The minimum absolute atomic E-state index is 0.0411. The van der Waals surface area contributed by atoms with Crippen LogP contribution in [0.25, 0.3) is 0 Å². The predicted molar refractivity (Wildman–Crippen MR) is 33.9 cm³/mol. The van der Waals surface area contributed by atoms with E-state index in [1.807, 2.05) is 0 Å². The van der Waals surface area contributed by atoms with Gasteiger partial charge in [0.2, 0.25) is 0 Å². The second-order valence-corrected chi connectivity index (χ2v) is 2.84. The van der Waals surface area contributed by atoms with Gasteiger partial charge in [-0.2, -0.15) is 0 Å². The maximum Gasteiger partial charge on any atom is 0.306 e. The molecule has 1 aliphatic heterocycles. The van der Waals surface area contributed by atoms with Gasteiger partial charge in [-0.1, -0.05) is 13.8 Å². The Balaban J connectivity index is 2.44. The standard InChI is InChI=1S/C7H12O2/c1-5-3-7(8)9-4-6(5)2/h5-6H,3-4H2,1-2H3/t5-,6-/m0/s1. The molecule has 0 aliphatic carbocycles. The van der Waals surface area contributed by atoms with Crippen LogP contribution >= 0.6 is 0 Å². The SMILES string of the molecule is C[C@H]1COC(=O)C[C@@H]1C. The molecule has 2 atom stereocenters. The third kappa shape index (κ3) is 1.44. The summed E-state index contributed by atoms with van der Waals surface area (Å²) in [6.07, 6.45) is 0.598. The van der Waals surface area contributed by atoms with Crippen molar-refractivity contribution in [3.05, 3.63) is 0 Å². The first-order valence-corrected chi connectivity index (χ1v) is 3.36. The van der Waals surface area contributed by atoms with Crippen molar-refractivity contribution in [3.63, 3.8) is 0 Å². The van der Waals surface area contributed by atoms with Crippen LogP contribution in [-0.4, -0.2) is 12.6 Å². The van der Waals surface area contributed by atoms with E-state index < -0.39 is 0 Å². The van der Waals surface area contributed by atoms with Crippen LogP contribution < -0.4 is 0 Å². The summed E-state index contributed by atoms with van der Waals surface area (Å²) in [4.78, 5) is 10.6. The minimum Gasteiger partial charge on any atom is -0.465 e. The molecule has 1 saturated heterocycles. The third-order valence-corrected chi connectivity index (χ3v) is 1.97. The maximum absolute atomic E-state index is 10.6. The van der Waals surface area contributed by atoms with Crippen molar-refractivity contribution in [2.24, 2.45) is 11.8 Å². The van der Waals surface area contributed by atoms with E-state index in [0.717, 1.165) is 0 Å². The van der Waals surface area contributed by atoms with Crippen molar-refractivity contribution in [1.82, 2.24) is 0 Å². The summed E-state index contributed by atoms with van der Waals surface area (Å²) >= 11 is 0. The van der Waals surface area contributed by atoms with Crippen LogP contribution in [0, 0.1) is 11.8 Å². The maximum atomic E-state index is 10.6. The van der Waals surface area contributed by atoms with Crippen LogP contribution in [0.5, 0.6) is 0 Å². The molecule has 0 aromatic rings. The average Bonchev–Trinajstić information content (AvgIpc) is 1.80. The van der Waals surface area contributed by atoms with Gasteiger partial charge in [-0.3, -0.25) is 4.79 Å². The first kappa shape index (κ1) is 6.59. The summed E-state index contributed by atoms with van der Waals surface area (Å²) in [7, 11) is 0. The molecular weight excluding hydrogens is 116 g/mol. The zero-order valence-electron chi connectivity index (χ0n) is 5.89. The van der Waals surface area contributed by atoms with Crippen molar-refractivity contribution in [1.29, 1.82) is 0 Å². The van der Waals surface area contributed by atoms with E-state index >= 15 is 0 Å². The quantitative estimate of drug-likeness (QED) is 0.458. The van der Waals surface area contributed by atoms with Gasteiger partial charge < -0.3 is 4.74 Å². The largest absolute Gasteiger partial charge is 0.465 e. The monoisotopic (exact) mass is 128 g/mol. The van der Waals surface area contributed by atoms with Crippen molar-refractivity contribution < 1.29 is 9.53 Å². The van der Waals surface area contributed by atoms with Gasteiger partial charge >= 0.3 is 5.97 Å². The number of carbonyl (C=O) groups is 1. The van der Waals surface area contributed by atoms with Crippen molar-refractivity contribution in [2.45, 2.75) is 20.3 Å². The molecule has 0 saturated carbocycles. The number of hydrogen-bond acceptors (Lipinski definition) is 2. The molecule has 0 unspecified atom stereocenters. The number of cyclic esters (lactones) is 1. The van der Waals surface area contributed by atoms with E-state index in [0.29, 0.717) is 24.9 Å². The summed E-state index contributed by atoms with van der Waals surface area (Å²) in [6.45, 7) is 4.81. The normalized spacial score (nSPS) is 36.0. The Labute approximate surface area is 55.2 Å². The lowest BCUT2D eigenvalue weighted by atomic mass is 9.92. The molecule has 0 aromatic carbocycles. The average molecular weight is 128 g/mol. The van der Waals surface area contributed by atoms with Crippen LogP contribution in [0.4, 0.5) is 0 Å². The van der Waals surface area contributed by atoms with E-state index in [-0.39, 0.29) is 5.97 Å². The number of hydrogen-bond donors (Lipinski definition) is 0. The highest BCUT2D eigenvalue weighted by Gasteiger charge is 2.22. The fourth-order valence-electron chi connectivity index (χ4n) is 0.912. The van der Waals surface area contributed by atoms with Crippen LogP contribution in [0.15, 0.2) is 0 Å². The Hall–Kier alpha value is -0.530. The minimum atomic E-state index is -0.0411. The lowest BCUT2D eigenvalue weighted by Gasteiger charge is -2.24. The van der Waals surface area contributed by atoms with Gasteiger partial charge in [0.25, 0.3) is 0 Å². The second-order valence-electron chi connectivity index (χ2n) is 2.84. The number of ether oxygens (including phenoxy) is 1. The molecule has 0 amide bonds. The first-order valence-electron chi connectivity index (χ1n) is 3.36.